The van der Waals surface area contributed by atoms with Gasteiger partial charge in [-0.2, -0.15) is 0 Å². The molecule has 1 heterocycles. The maximum atomic E-state index is 12.2. The van der Waals surface area contributed by atoms with Gasteiger partial charge in [-0.3, -0.25) is 4.79 Å². The summed E-state index contributed by atoms with van der Waals surface area (Å²) in [5, 5.41) is 3.24. The topological polar surface area (TPSA) is 32.3 Å². The summed E-state index contributed by atoms with van der Waals surface area (Å²) < 4.78 is 0. The van der Waals surface area contributed by atoms with Gasteiger partial charge < -0.3 is 10.2 Å². The zero-order chi connectivity index (χ0) is 11.5. The number of hydrogen-bond donors (Lipinski definition) is 1. The molecule has 0 aromatic rings. The first-order chi connectivity index (χ1) is 7.68. The minimum absolute atomic E-state index is 0. The molecule has 0 aromatic carbocycles. The Morgan fingerprint density at radius 2 is 1.94 bits per heavy atom. The molecule has 1 aliphatic heterocycles. The highest BCUT2D eigenvalue weighted by atomic mass is 35.5. The van der Waals surface area contributed by atoms with E-state index in [-0.39, 0.29) is 18.3 Å². The van der Waals surface area contributed by atoms with Gasteiger partial charge in [0.05, 0.1) is 0 Å². The molecule has 1 amide bonds. The van der Waals surface area contributed by atoms with Gasteiger partial charge in [-0.1, -0.05) is 19.8 Å². The lowest BCUT2D eigenvalue weighted by Crippen LogP contribution is -2.50. The van der Waals surface area contributed by atoms with Crippen LogP contribution in [0.15, 0.2) is 0 Å². The van der Waals surface area contributed by atoms with E-state index in [2.05, 4.69) is 12.2 Å². The quantitative estimate of drug-likeness (QED) is 0.838. The zero-order valence-electron chi connectivity index (χ0n) is 10.9. The molecule has 1 saturated carbocycles. The second-order valence-electron chi connectivity index (χ2n) is 5.58. The Balaban J connectivity index is 0.00000144. The van der Waals surface area contributed by atoms with E-state index in [0.29, 0.717) is 11.8 Å². The highest BCUT2D eigenvalue weighted by molar-refractivity contribution is 5.85. The van der Waals surface area contributed by atoms with Crippen LogP contribution < -0.4 is 5.32 Å². The average molecular weight is 261 g/mol. The molecular weight excluding hydrogens is 236 g/mol. The normalized spacial score (nSPS) is 22.7. The molecule has 2 rings (SSSR count). The summed E-state index contributed by atoms with van der Waals surface area (Å²) in [6, 6.07) is 0. The van der Waals surface area contributed by atoms with Gasteiger partial charge in [0.1, 0.15) is 0 Å². The van der Waals surface area contributed by atoms with Crippen LogP contribution in [0.2, 0.25) is 0 Å². The Bertz CT molecular complexity index is 250. The molecule has 2 aliphatic rings. The van der Waals surface area contributed by atoms with Crippen LogP contribution in [0.3, 0.4) is 0 Å². The fourth-order valence-electron chi connectivity index (χ4n) is 2.88. The first kappa shape index (κ1) is 14.8. The molecule has 4 heteroatoms. The van der Waals surface area contributed by atoms with E-state index >= 15 is 0 Å². The van der Waals surface area contributed by atoms with Crippen LogP contribution in [0, 0.1) is 17.8 Å². The number of carbonyl (C=O) groups is 1. The van der Waals surface area contributed by atoms with Crippen molar-refractivity contribution in [3.8, 4) is 0 Å². The second kappa shape index (κ2) is 6.60. The first-order valence-electron chi connectivity index (χ1n) is 6.64. The monoisotopic (exact) mass is 260 g/mol. The van der Waals surface area contributed by atoms with Crippen molar-refractivity contribution in [3.05, 3.63) is 0 Å². The predicted octanol–water partition coefficient (Wildman–Crippen LogP) is 1.91. The van der Waals surface area contributed by atoms with Gasteiger partial charge in [0.15, 0.2) is 0 Å². The Kier molecular flexibility index (Phi) is 5.74. The van der Waals surface area contributed by atoms with Crippen LogP contribution in [0.4, 0.5) is 0 Å². The lowest BCUT2D eigenvalue weighted by atomic mass is 9.88. The van der Waals surface area contributed by atoms with Crippen LogP contribution in [-0.4, -0.2) is 37.5 Å². The lowest BCUT2D eigenvalue weighted by molar-refractivity contribution is -0.136. The highest BCUT2D eigenvalue weighted by Crippen LogP contribution is 2.26. The molecule has 1 saturated heterocycles. The Morgan fingerprint density at radius 3 is 2.41 bits per heavy atom. The largest absolute Gasteiger partial charge is 0.345 e. The molecule has 17 heavy (non-hydrogen) atoms. The number of rotatable bonds is 4. The molecule has 0 aromatic heterocycles. The van der Waals surface area contributed by atoms with Gasteiger partial charge in [-0.15, -0.1) is 12.4 Å². The van der Waals surface area contributed by atoms with Gasteiger partial charge in [-0.05, 0) is 37.8 Å². The first-order valence-corrected chi connectivity index (χ1v) is 6.64. The summed E-state index contributed by atoms with van der Waals surface area (Å²) in [7, 11) is 1.98. The Morgan fingerprint density at radius 1 is 1.35 bits per heavy atom. The molecule has 1 aliphatic carbocycles. The molecule has 0 bridgehead atoms. The van der Waals surface area contributed by atoms with Gasteiger partial charge in [0.25, 0.3) is 0 Å². The summed E-state index contributed by atoms with van der Waals surface area (Å²) in [6.45, 7) is 5.09. The number of amides is 1. The molecule has 2 fully saturated rings. The maximum Gasteiger partial charge on any atom is 0.225 e. The SMILES string of the molecule is CC(C(=O)N(C)CC1CCCC1)C1CNC1.Cl. The Hall–Kier alpha value is -0.280. The third-order valence-corrected chi connectivity index (χ3v) is 4.29. The maximum absolute atomic E-state index is 12.2. The van der Waals surface area contributed by atoms with Crippen LogP contribution in [0.25, 0.3) is 0 Å². The zero-order valence-corrected chi connectivity index (χ0v) is 11.8. The molecule has 3 nitrogen and oxygen atoms in total. The number of nitrogens with one attached hydrogen (secondary N) is 1. The van der Waals surface area contributed by atoms with Crippen molar-refractivity contribution < 1.29 is 4.79 Å². The highest BCUT2D eigenvalue weighted by Gasteiger charge is 2.31. The summed E-state index contributed by atoms with van der Waals surface area (Å²) >= 11 is 0. The van der Waals surface area contributed by atoms with Crippen molar-refractivity contribution in [1.82, 2.24) is 10.2 Å². The fourth-order valence-corrected chi connectivity index (χ4v) is 2.88. The van der Waals surface area contributed by atoms with Crippen molar-refractivity contribution >= 4 is 18.3 Å². The van der Waals surface area contributed by atoms with E-state index in [9.17, 15) is 4.79 Å². The fraction of sp³-hybridized carbons (Fsp3) is 0.923. The minimum atomic E-state index is 0. The minimum Gasteiger partial charge on any atom is -0.345 e. The third kappa shape index (κ3) is 3.59. The predicted molar refractivity (Wildman–Crippen MR) is 72.4 cm³/mol. The molecule has 1 N–H and O–H groups in total. The van der Waals surface area contributed by atoms with Gasteiger partial charge >= 0.3 is 0 Å². The van der Waals surface area contributed by atoms with Crippen molar-refractivity contribution in [1.29, 1.82) is 0 Å². The van der Waals surface area contributed by atoms with Crippen molar-refractivity contribution in [2.24, 2.45) is 17.8 Å². The van der Waals surface area contributed by atoms with Crippen molar-refractivity contribution in [2.45, 2.75) is 32.6 Å². The van der Waals surface area contributed by atoms with Gasteiger partial charge in [0.2, 0.25) is 5.91 Å². The third-order valence-electron chi connectivity index (χ3n) is 4.29. The van der Waals surface area contributed by atoms with E-state index in [1.165, 1.54) is 25.7 Å². The molecule has 1 unspecified atom stereocenters. The summed E-state index contributed by atoms with van der Waals surface area (Å²) in [5.41, 5.74) is 0. The standard InChI is InChI=1S/C13H24N2O.ClH/c1-10(12-7-14-8-12)13(16)15(2)9-11-5-3-4-6-11;/h10-12,14H,3-9H2,1-2H3;1H. The van der Waals surface area contributed by atoms with E-state index in [1.54, 1.807) is 0 Å². The van der Waals surface area contributed by atoms with E-state index in [4.69, 9.17) is 0 Å². The van der Waals surface area contributed by atoms with Crippen LogP contribution in [-0.2, 0) is 4.79 Å². The number of halogens is 1. The van der Waals surface area contributed by atoms with Crippen LogP contribution in [0.1, 0.15) is 32.6 Å². The number of carbonyl (C=O) groups excluding carboxylic acids is 1. The van der Waals surface area contributed by atoms with Crippen LogP contribution >= 0.6 is 12.4 Å². The number of hydrogen-bond acceptors (Lipinski definition) is 2. The molecular formula is C13H25ClN2O. The molecule has 0 radical (unpaired) electrons. The summed E-state index contributed by atoms with van der Waals surface area (Å²) in [5.74, 6) is 1.88. The summed E-state index contributed by atoms with van der Waals surface area (Å²) in [4.78, 5) is 14.1. The van der Waals surface area contributed by atoms with E-state index in [0.717, 1.165) is 25.6 Å². The van der Waals surface area contributed by atoms with Crippen molar-refractivity contribution in [2.75, 3.05) is 26.7 Å². The van der Waals surface area contributed by atoms with Crippen LogP contribution in [0.5, 0.6) is 0 Å². The second-order valence-corrected chi connectivity index (χ2v) is 5.58. The smallest absolute Gasteiger partial charge is 0.225 e. The van der Waals surface area contributed by atoms with Gasteiger partial charge in [-0.25, -0.2) is 0 Å². The average Bonchev–Trinajstić information content (AvgIpc) is 2.66. The Labute approximate surface area is 111 Å². The molecule has 1 atom stereocenters. The van der Waals surface area contributed by atoms with E-state index in [1.807, 2.05) is 11.9 Å². The number of nitrogens with zero attached hydrogens (tertiary/aromatic N) is 1. The van der Waals surface area contributed by atoms with E-state index < -0.39 is 0 Å². The van der Waals surface area contributed by atoms with Crippen molar-refractivity contribution in [3.63, 3.8) is 0 Å². The molecule has 0 spiro atoms. The molecule has 100 valence electrons. The van der Waals surface area contributed by atoms with Gasteiger partial charge in [0, 0.05) is 19.5 Å². The lowest BCUT2D eigenvalue weighted by Gasteiger charge is -2.34. The summed E-state index contributed by atoms with van der Waals surface area (Å²) in [6.07, 6.45) is 5.34.